The predicted molar refractivity (Wildman–Crippen MR) is 84.0 cm³/mol. The molecule has 2 rings (SSSR count). The zero-order valence-corrected chi connectivity index (χ0v) is 13.4. The molecule has 0 aliphatic carbocycles. The minimum Gasteiger partial charge on any atom is -0.459 e. The third kappa shape index (κ3) is 4.73. The minimum absolute atomic E-state index is 0.157. The van der Waals surface area contributed by atoms with Crippen molar-refractivity contribution in [2.75, 3.05) is 0 Å². The van der Waals surface area contributed by atoms with Crippen LogP contribution in [0.1, 0.15) is 25.2 Å². The largest absolute Gasteiger partial charge is 0.459 e. The fourth-order valence-electron chi connectivity index (χ4n) is 1.99. The molecule has 0 fully saturated rings. The summed E-state index contributed by atoms with van der Waals surface area (Å²) in [6, 6.07) is 9.30. The molecule has 1 aromatic carbocycles. The predicted octanol–water partition coefficient (Wildman–Crippen LogP) is 4.82. The highest BCUT2D eigenvalue weighted by molar-refractivity contribution is 5.97. The highest BCUT2D eigenvalue weighted by Gasteiger charge is 2.30. The summed E-state index contributed by atoms with van der Waals surface area (Å²) in [4.78, 5) is 11.7. The van der Waals surface area contributed by atoms with E-state index in [1.807, 2.05) is 0 Å². The molecule has 4 nitrogen and oxygen atoms in total. The van der Waals surface area contributed by atoms with Crippen molar-refractivity contribution in [2.24, 2.45) is 0 Å². The van der Waals surface area contributed by atoms with Crippen LogP contribution >= 0.6 is 0 Å². The van der Waals surface area contributed by atoms with Crippen LogP contribution < -0.4 is 0 Å². The van der Waals surface area contributed by atoms with Crippen LogP contribution in [0.4, 0.5) is 13.2 Å². The van der Waals surface area contributed by atoms with E-state index in [1.54, 1.807) is 19.9 Å². The number of benzene rings is 1. The first kappa shape index (κ1) is 18.3. The van der Waals surface area contributed by atoms with Gasteiger partial charge in [-0.05, 0) is 38.1 Å². The Morgan fingerprint density at radius 1 is 1.28 bits per heavy atom. The van der Waals surface area contributed by atoms with Gasteiger partial charge in [0.15, 0.2) is 0 Å². The van der Waals surface area contributed by atoms with Crippen LogP contribution in [-0.2, 0) is 15.7 Å². The molecule has 0 aliphatic heterocycles. The van der Waals surface area contributed by atoms with Gasteiger partial charge in [-0.25, -0.2) is 4.79 Å². The Hall–Kier alpha value is -3.01. The zero-order valence-electron chi connectivity index (χ0n) is 13.4. The van der Waals surface area contributed by atoms with Gasteiger partial charge in [-0.1, -0.05) is 12.1 Å². The third-order valence-electron chi connectivity index (χ3n) is 3.07. The maximum Gasteiger partial charge on any atom is 0.416 e. The van der Waals surface area contributed by atoms with Crippen LogP contribution in [0.25, 0.3) is 17.4 Å². The van der Waals surface area contributed by atoms with Gasteiger partial charge < -0.3 is 9.15 Å². The van der Waals surface area contributed by atoms with E-state index in [9.17, 15) is 18.0 Å². The molecule has 1 heterocycles. The average Bonchev–Trinajstić information content (AvgIpc) is 3.00. The van der Waals surface area contributed by atoms with Crippen molar-refractivity contribution in [1.82, 2.24) is 0 Å². The third-order valence-corrected chi connectivity index (χ3v) is 3.07. The second kappa shape index (κ2) is 7.26. The molecular formula is C18H14F3NO3. The van der Waals surface area contributed by atoms with Crippen molar-refractivity contribution in [3.05, 3.63) is 53.3 Å². The number of hydrogen-bond donors (Lipinski definition) is 0. The number of nitriles is 1. The summed E-state index contributed by atoms with van der Waals surface area (Å²) < 4.78 is 48.7. The first-order valence-electron chi connectivity index (χ1n) is 7.31. The van der Waals surface area contributed by atoms with Crippen LogP contribution in [0.2, 0.25) is 0 Å². The smallest absolute Gasteiger partial charge is 0.416 e. The molecule has 0 spiro atoms. The van der Waals surface area contributed by atoms with Crippen molar-refractivity contribution in [3.8, 4) is 17.4 Å². The van der Waals surface area contributed by atoms with Crippen molar-refractivity contribution in [3.63, 3.8) is 0 Å². The molecule has 0 radical (unpaired) electrons. The number of esters is 1. The maximum atomic E-state index is 12.8. The maximum absolute atomic E-state index is 12.8. The van der Waals surface area contributed by atoms with Crippen molar-refractivity contribution in [2.45, 2.75) is 26.1 Å². The molecule has 130 valence electrons. The molecule has 0 aliphatic rings. The lowest BCUT2D eigenvalue weighted by molar-refractivity contribution is -0.142. The number of carbonyl (C=O) groups is 1. The standard InChI is InChI=1S/C18H14F3NO3/c1-11(2)24-17(23)13(10-22)9-15-6-7-16(25-15)12-4-3-5-14(8-12)18(19,20)21/h3-9,11H,1-2H3. The molecule has 0 saturated carbocycles. The van der Waals surface area contributed by atoms with Crippen LogP contribution in [0.15, 0.2) is 46.4 Å². The SMILES string of the molecule is CC(C)OC(=O)C(C#N)=Cc1ccc(-c2cccc(C(F)(F)F)c2)o1. The topological polar surface area (TPSA) is 63.2 Å². The van der Waals surface area contributed by atoms with Gasteiger partial charge in [0.2, 0.25) is 0 Å². The molecule has 0 N–H and O–H groups in total. The Balaban J connectivity index is 2.30. The van der Waals surface area contributed by atoms with E-state index in [4.69, 9.17) is 14.4 Å². The van der Waals surface area contributed by atoms with Crippen LogP contribution in [-0.4, -0.2) is 12.1 Å². The summed E-state index contributed by atoms with van der Waals surface area (Å²) in [7, 11) is 0. The summed E-state index contributed by atoms with van der Waals surface area (Å²) in [6.45, 7) is 3.29. The molecule has 2 aromatic rings. The summed E-state index contributed by atoms with van der Waals surface area (Å²) in [5.41, 5.74) is -0.826. The minimum atomic E-state index is -4.46. The summed E-state index contributed by atoms with van der Waals surface area (Å²) in [5, 5.41) is 9.03. The monoisotopic (exact) mass is 349 g/mol. The van der Waals surface area contributed by atoms with Gasteiger partial charge in [-0.3, -0.25) is 0 Å². The molecule has 7 heteroatoms. The lowest BCUT2D eigenvalue weighted by Crippen LogP contribution is -2.12. The number of ether oxygens (including phenoxy) is 1. The summed E-state index contributed by atoms with van der Waals surface area (Å²) >= 11 is 0. The van der Waals surface area contributed by atoms with Crippen LogP contribution in [0.5, 0.6) is 0 Å². The lowest BCUT2D eigenvalue weighted by atomic mass is 10.1. The molecule has 0 bridgehead atoms. The van der Waals surface area contributed by atoms with Crippen molar-refractivity contribution >= 4 is 12.0 Å². The van der Waals surface area contributed by atoms with E-state index in [0.29, 0.717) is 0 Å². The second-order valence-corrected chi connectivity index (χ2v) is 5.40. The summed E-state index contributed by atoms with van der Waals surface area (Å²) in [5.74, 6) is -0.453. The van der Waals surface area contributed by atoms with Gasteiger partial charge in [0, 0.05) is 11.6 Å². The van der Waals surface area contributed by atoms with Gasteiger partial charge in [0.1, 0.15) is 23.2 Å². The first-order chi connectivity index (χ1) is 11.7. The van der Waals surface area contributed by atoms with Crippen molar-refractivity contribution < 1.29 is 27.1 Å². The van der Waals surface area contributed by atoms with Gasteiger partial charge in [-0.15, -0.1) is 0 Å². The number of alkyl halides is 3. The number of nitrogens with zero attached hydrogens (tertiary/aromatic N) is 1. The van der Waals surface area contributed by atoms with E-state index in [1.165, 1.54) is 30.3 Å². The van der Waals surface area contributed by atoms with E-state index in [2.05, 4.69) is 0 Å². The Morgan fingerprint density at radius 3 is 2.60 bits per heavy atom. The van der Waals surface area contributed by atoms with Gasteiger partial charge in [0.25, 0.3) is 0 Å². The Bertz CT molecular complexity index is 842. The van der Waals surface area contributed by atoms with Gasteiger partial charge in [-0.2, -0.15) is 18.4 Å². The Morgan fingerprint density at radius 2 is 2.00 bits per heavy atom. The fraction of sp³-hybridized carbons (Fsp3) is 0.222. The number of carbonyl (C=O) groups excluding carboxylic acids is 1. The molecule has 25 heavy (non-hydrogen) atoms. The van der Waals surface area contributed by atoms with Crippen LogP contribution in [0.3, 0.4) is 0 Å². The molecule has 1 aromatic heterocycles. The number of rotatable bonds is 4. The molecular weight excluding hydrogens is 335 g/mol. The van der Waals surface area contributed by atoms with E-state index in [-0.39, 0.29) is 28.8 Å². The van der Waals surface area contributed by atoms with E-state index < -0.39 is 17.7 Å². The Labute approximate surface area is 142 Å². The quantitative estimate of drug-likeness (QED) is 0.451. The molecule has 0 amide bonds. The Kier molecular flexibility index (Phi) is 5.32. The normalized spacial score (nSPS) is 12.1. The molecule has 0 saturated heterocycles. The van der Waals surface area contributed by atoms with E-state index in [0.717, 1.165) is 12.1 Å². The molecule has 0 unspecified atom stereocenters. The average molecular weight is 349 g/mol. The number of hydrogen-bond acceptors (Lipinski definition) is 4. The highest BCUT2D eigenvalue weighted by Crippen LogP contribution is 2.32. The zero-order chi connectivity index (χ0) is 18.6. The first-order valence-corrected chi connectivity index (χ1v) is 7.31. The highest BCUT2D eigenvalue weighted by atomic mass is 19.4. The fourth-order valence-corrected chi connectivity index (χ4v) is 1.99. The van der Waals surface area contributed by atoms with Gasteiger partial charge >= 0.3 is 12.1 Å². The van der Waals surface area contributed by atoms with E-state index >= 15 is 0 Å². The van der Waals surface area contributed by atoms with Crippen LogP contribution in [0, 0.1) is 11.3 Å². The number of furan rings is 1. The van der Waals surface area contributed by atoms with Crippen molar-refractivity contribution in [1.29, 1.82) is 5.26 Å². The lowest BCUT2D eigenvalue weighted by Gasteiger charge is -2.07. The number of halogens is 3. The summed E-state index contributed by atoms with van der Waals surface area (Å²) in [6.07, 6.45) is -3.66. The second-order valence-electron chi connectivity index (χ2n) is 5.40. The molecule has 0 atom stereocenters. The van der Waals surface area contributed by atoms with Gasteiger partial charge in [0.05, 0.1) is 11.7 Å².